The van der Waals surface area contributed by atoms with Crippen molar-refractivity contribution in [2.45, 2.75) is 32.7 Å². The van der Waals surface area contributed by atoms with Gasteiger partial charge in [0.15, 0.2) is 0 Å². The molecule has 0 aliphatic carbocycles. The van der Waals surface area contributed by atoms with Gasteiger partial charge in [-0.05, 0) is 68.7 Å². The lowest BCUT2D eigenvalue weighted by Crippen LogP contribution is -2.44. The number of nitrogens with one attached hydrogen (secondary N) is 1. The van der Waals surface area contributed by atoms with Gasteiger partial charge < -0.3 is 10.2 Å². The molecule has 0 unspecified atom stereocenters. The maximum absolute atomic E-state index is 12.8. The lowest BCUT2D eigenvalue weighted by Gasteiger charge is -2.34. The molecule has 0 radical (unpaired) electrons. The van der Waals surface area contributed by atoms with Crippen molar-refractivity contribution in [1.29, 1.82) is 0 Å². The van der Waals surface area contributed by atoms with E-state index in [0.29, 0.717) is 5.56 Å². The summed E-state index contributed by atoms with van der Waals surface area (Å²) in [5.41, 5.74) is 5.99. The second-order valence-electron chi connectivity index (χ2n) is 7.82. The number of aromatic nitrogens is 1. The summed E-state index contributed by atoms with van der Waals surface area (Å²) in [6, 6.07) is 22.6. The number of amides is 1. The Morgan fingerprint density at radius 2 is 1.72 bits per heavy atom. The van der Waals surface area contributed by atoms with Crippen molar-refractivity contribution < 1.29 is 4.79 Å². The number of benzene rings is 2. The van der Waals surface area contributed by atoms with Gasteiger partial charge in [-0.2, -0.15) is 0 Å². The molecule has 0 saturated carbocycles. The fourth-order valence-corrected chi connectivity index (χ4v) is 4.00. The van der Waals surface area contributed by atoms with Crippen LogP contribution in [0.25, 0.3) is 11.3 Å². The predicted octanol–water partition coefficient (Wildman–Crippen LogP) is 4.76. The van der Waals surface area contributed by atoms with Crippen LogP contribution in [0.5, 0.6) is 0 Å². The molecule has 1 aliphatic heterocycles. The van der Waals surface area contributed by atoms with Gasteiger partial charge >= 0.3 is 0 Å². The molecule has 2 heterocycles. The monoisotopic (exact) mass is 385 g/mol. The van der Waals surface area contributed by atoms with E-state index in [1.807, 2.05) is 37.3 Å². The number of anilines is 1. The SMILES string of the molecule is Cc1cc(C)nc(-c2cccc(C(=O)NC3CCN(c4ccccc4)CC3)c2)c1. The third kappa shape index (κ3) is 4.65. The zero-order valence-electron chi connectivity index (χ0n) is 17.1. The molecule has 0 spiro atoms. The molecule has 1 saturated heterocycles. The number of nitrogens with zero attached hydrogens (tertiary/aromatic N) is 2. The van der Waals surface area contributed by atoms with Gasteiger partial charge in [0.25, 0.3) is 5.91 Å². The van der Waals surface area contributed by atoms with Gasteiger partial charge in [0, 0.05) is 41.6 Å². The van der Waals surface area contributed by atoms with Crippen LogP contribution in [0.4, 0.5) is 5.69 Å². The summed E-state index contributed by atoms with van der Waals surface area (Å²) in [5.74, 6) is -0.00520. The van der Waals surface area contributed by atoms with E-state index in [2.05, 4.69) is 58.5 Å². The highest BCUT2D eigenvalue weighted by molar-refractivity contribution is 5.95. The summed E-state index contributed by atoms with van der Waals surface area (Å²) >= 11 is 0. The minimum Gasteiger partial charge on any atom is -0.371 e. The molecule has 1 amide bonds. The molecule has 0 bridgehead atoms. The first-order valence-electron chi connectivity index (χ1n) is 10.2. The molecule has 1 N–H and O–H groups in total. The van der Waals surface area contributed by atoms with E-state index in [9.17, 15) is 4.79 Å². The summed E-state index contributed by atoms with van der Waals surface area (Å²) in [6.45, 7) is 5.98. The normalized spacial score (nSPS) is 14.6. The Morgan fingerprint density at radius 1 is 0.966 bits per heavy atom. The number of piperidine rings is 1. The number of carbonyl (C=O) groups excluding carboxylic acids is 1. The summed E-state index contributed by atoms with van der Waals surface area (Å²) in [4.78, 5) is 19.8. The van der Waals surface area contributed by atoms with Gasteiger partial charge in [-0.15, -0.1) is 0 Å². The fourth-order valence-electron chi connectivity index (χ4n) is 4.00. The zero-order chi connectivity index (χ0) is 20.2. The lowest BCUT2D eigenvalue weighted by atomic mass is 10.0. The van der Waals surface area contributed by atoms with Crippen molar-refractivity contribution in [3.8, 4) is 11.3 Å². The molecular formula is C25H27N3O. The smallest absolute Gasteiger partial charge is 0.251 e. The van der Waals surface area contributed by atoms with Gasteiger partial charge in [-0.25, -0.2) is 0 Å². The molecule has 0 atom stereocenters. The molecule has 4 heteroatoms. The number of hydrogen-bond donors (Lipinski definition) is 1. The van der Waals surface area contributed by atoms with Crippen LogP contribution in [0.2, 0.25) is 0 Å². The molecule has 148 valence electrons. The van der Waals surface area contributed by atoms with Gasteiger partial charge in [-0.3, -0.25) is 9.78 Å². The van der Waals surface area contributed by atoms with E-state index in [-0.39, 0.29) is 11.9 Å². The van der Waals surface area contributed by atoms with Crippen molar-refractivity contribution in [3.05, 3.63) is 83.6 Å². The van der Waals surface area contributed by atoms with Crippen molar-refractivity contribution in [2.75, 3.05) is 18.0 Å². The molecular weight excluding hydrogens is 358 g/mol. The number of rotatable bonds is 4. The third-order valence-electron chi connectivity index (χ3n) is 5.47. The molecule has 1 aromatic heterocycles. The highest BCUT2D eigenvalue weighted by Gasteiger charge is 2.21. The molecule has 1 fully saturated rings. The Labute approximate surface area is 172 Å². The highest BCUT2D eigenvalue weighted by Crippen LogP contribution is 2.22. The summed E-state index contributed by atoms with van der Waals surface area (Å²) in [5, 5.41) is 3.22. The standard InChI is InChI=1S/C25H27N3O/c1-18-15-19(2)26-24(16-18)20-7-6-8-21(17-20)25(29)27-22-11-13-28(14-12-22)23-9-4-3-5-10-23/h3-10,15-17,22H,11-14H2,1-2H3,(H,27,29). The van der Waals surface area contributed by atoms with Crippen LogP contribution in [0.15, 0.2) is 66.7 Å². The van der Waals surface area contributed by atoms with Crippen LogP contribution in [-0.4, -0.2) is 30.0 Å². The van der Waals surface area contributed by atoms with E-state index in [0.717, 1.165) is 42.9 Å². The quantitative estimate of drug-likeness (QED) is 0.704. The first-order valence-corrected chi connectivity index (χ1v) is 10.2. The fraction of sp³-hybridized carbons (Fsp3) is 0.280. The van der Waals surface area contributed by atoms with Crippen LogP contribution in [0.3, 0.4) is 0 Å². The van der Waals surface area contributed by atoms with E-state index in [1.54, 1.807) is 0 Å². The average molecular weight is 386 g/mol. The Morgan fingerprint density at radius 3 is 2.45 bits per heavy atom. The number of para-hydroxylation sites is 1. The highest BCUT2D eigenvalue weighted by atomic mass is 16.1. The molecule has 2 aromatic carbocycles. The van der Waals surface area contributed by atoms with Crippen molar-refractivity contribution in [1.82, 2.24) is 10.3 Å². The minimum atomic E-state index is -0.00520. The van der Waals surface area contributed by atoms with Gasteiger partial charge in [0.1, 0.15) is 0 Å². The van der Waals surface area contributed by atoms with Crippen molar-refractivity contribution in [2.24, 2.45) is 0 Å². The lowest BCUT2D eigenvalue weighted by molar-refractivity contribution is 0.0931. The van der Waals surface area contributed by atoms with Gasteiger partial charge in [0.2, 0.25) is 0 Å². The molecule has 3 aromatic rings. The zero-order valence-corrected chi connectivity index (χ0v) is 17.1. The molecule has 4 rings (SSSR count). The number of pyridine rings is 1. The number of hydrogen-bond acceptors (Lipinski definition) is 3. The Balaban J connectivity index is 1.40. The average Bonchev–Trinajstić information content (AvgIpc) is 2.74. The Hall–Kier alpha value is -3.14. The van der Waals surface area contributed by atoms with Crippen LogP contribution < -0.4 is 10.2 Å². The van der Waals surface area contributed by atoms with Gasteiger partial charge in [-0.1, -0.05) is 30.3 Å². The maximum Gasteiger partial charge on any atom is 0.251 e. The van der Waals surface area contributed by atoms with Crippen LogP contribution in [0.1, 0.15) is 34.5 Å². The van der Waals surface area contributed by atoms with Crippen LogP contribution in [-0.2, 0) is 0 Å². The van der Waals surface area contributed by atoms with E-state index in [1.165, 1.54) is 11.3 Å². The summed E-state index contributed by atoms with van der Waals surface area (Å²) in [7, 11) is 0. The maximum atomic E-state index is 12.8. The first kappa shape index (κ1) is 19.2. The number of aryl methyl sites for hydroxylation is 2. The van der Waals surface area contributed by atoms with Gasteiger partial charge in [0.05, 0.1) is 5.69 Å². The largest absolute Gasteiger partial charge is 0.371 e. The van der Waals surface area contributed by atoms with Crippen molar-refractivity contribution >= 4 is 11.6 Å². The Kier molecular flexibility index (Phi) is 5.61. The van der Waals surface area contributed by atoms with E-state index in [4.69, 9.17) is 0 Å². The molecule has 1 aliphatic rings. The molecule has 29 heavy (non-hydrogen) atoms. The third-order valence-corrected chi connectivity index (χ3v) is 5.47. The second-order valence-corrected chi connectivity index (χ2v) is 7.82. The number of carbonyl (C=O) groups is 1. The second kappa shape index (κ2) is 8.48. The van der Waals surface area contributed by atoms with Crippen molar-refractivity contribution in [3.63, 3.8) is 0 Å². The molecule has 4 nitrogen and oxygen atoms in total. The van der Waals surface area contributed by atoms with Crippen LogP contribution in [0, 0.1) is 13.8 Å². The summed E-state index contributed by atoms with van der Waals surface area (Å²) in [6.07, 6.45) is 1.91. The van der Waals surface area contributed by atoms with Crippen LogP contribution >= 0.6 is 0 Å². The van der Waals surface area contributed by atoms with E-state index >= 15 is 0 Å². The topological polar surface area (TPSA) is 45.2 Å². The first-order chi connectivity index (χ1) is 14.1. The van der Waals surface area contributed by atoms with E-state index < -0.39 is 0 Å². The predicted molar refractivity (Wildman–Crippen MR) is 118 cm³/mol. The minimum absolute atomic E-state index is 0.00520. The summed E-state index contributed by atoms with van der Waals surface area (Å²) < 4.78 is 0. The Bertz CT molecular complexity index is 972.